The molecule has 0 aliphatic carbocycles. The van der Waals surface area contributed by atoms with Gasteiger partial charge in [0.15, 0.2) is 6.29 Å². The van der Waals surface area contributed by atoms with E-state index in [1.165, 1.54) is 6.07 Å². The molecule has 0 saturated carbocycles. The Bertz CT molecular complexity index is 514. The third kappa shape index (κ3) is 1.24. The van der Waals surface area contributed by atoms with Gasteiger partial charge in [-0.25, -0.2) is 0 Å². The van der Waals surface area contributed by atoms with Crippen molar-refractivity contribution >= 4 is 17.1 Å². The molecular weight excluding hydrogens is 166 g/mol. The zero-order chi connectivity index (χ0) is 9.26. The second-order valence-corrected chi connectivity index (χ2v) is 2.77. The summed E-state index contributed by atoms with van der Waals surface area (Å²) in [6.45, 7) is 0. The van der Waals surface area contributed by atoms with Crippen LogP contribution in [-0.4, -0.2) is 11.3 Å². The quantitative estimate of drug-likeness (QED) is 0.661. The molecule has 2 aromatic rings. The normalized spacial score (nSPS) is 10.2. The van der Waals surface area contributed by atoms with E-state index >= 15 is 0 Å². The van der Waals surface area contributed by atoms with E-state index in [2.05, 4.69) is 4.98 Å². The van der Waals surface area contributed by atoms with Crippen molar-refractivity contribution in [2.75, 3.05) is 0 Å². The van der Waals surface area contributed by atoms with Crippen molar-refractivity contribution in [1.29, 1.82) is 0 Å². The van der Waals surface area contributed by atoms with Crippen LogP contribution < -0.4 is 5.56 Å². The molecule has 0 fully saturated rings. The Hall–Kier alpha value is -1.90. The molecule has 0 aliphatic heterocycles. The van der Waals surface area contributed by atoms with Gasteiger partial charge in [-0.1, -0.05) is 18.2 Å². The number of aromatic nitrogens is 1. The van der Waals surface area contributed by atoms with Crippen molar-refractivity contribution < 1.29 is 4.79 Å². The van der Waals surface area contributed by atoms with Crippen LogP contribution in [0.15, 0.2) is 35.3 Å². The molecule has 0 aliphatic rings. The fourth-order valence-electron chi connectivity index (χ4n) is 1.32. The minimum absolute atomic E-state index is 0.193. The Labute approximate surface area is 74.0 Å². The zero-order valence-corrected chi connectivity index (χ0v) is 6.78. The van der Waals surface area contributed by atoms with Gasteiger partial charge in [-0.05, 0) is 10.8 Å². The van der Waals surface area contributed by atoms with Crippen LogP contribution in [0.25, 0.3) is 10.8 Å². The SMILES string of the molecule is O=Cc1cccc2c[nH]c(=O)cc12. The number of hydrogen-bond acceptors (Lipinski definition) is 2. The maximum absolute atomic E-state index is 11.0. The van der Waals surface area contributed by atoms with Crippen molar-refractivity contribution in [3.63, 3.8) is 0 Å². The molecule has 64 valence electrons. The smallest absolute Gasteiger partial charge is 0.248 e. The molecule has 0 atom stereocenters. The second kappa shape index (κ2) is 2.86. The predicted molar refractivity (Wildman–Crippen MR) is 50.0 cm³/mol. The van der Waals surface area contributed by atoms with E-state index in [1.807, 2.05) is 6.07 Å². The van der Waals surface area contributed by atoms with Gasteiger partial charge in [0.1, 0.15) is 0 Å². The Balaban J connectivity index is 2.95. The molecule has 1 N–H and O–H groups in total. The molecule has 1 heterocycles. The molecule has 3 nitrogen and oxygen atoms in total. The van der Waals surface area contributed by atoms with Gasteiger partial charge >= 0.3 is 0 Å². The lowest BCUT2D eigenvalue weighted by molar-refractivity contribution is 0.112. The van der Waals surface area contributed by atoms with E-state index in [1.54, 1.807) is 18.3 Å². The first-order valence-electron chi connectivity index (χ1n) is 3.88. The number of fused-ring (bicyclic) bond motifs is 1. The number of aromatic amines is 1. The summed E-state index contributed by atoms with van der Waals surface area (Å²) in [6, 6.07) is 6.75. The highest BCUT2D eigenvalue weighted by Crippen LogP contribution is 2.13. The van der Waals surface area contributed by atoms with Crippen molar-refractivity contribution in [2.24, 2.45) is 0 Å². The van der Waals surface area contributed by atoms with Gasteiger partial charge in [0.2, 0.25) is 5.56 Å². The van der Waals surface area contributed by atoms with Crippen molar-refractivity contribution in [3.05, 3.63) is 46.4 Å². The van der Waals surface area contributed by atoms with E-state index in [4.69, 9.17) is 0 Å². The minimum Gasteiger partial charge on any atom is -0.328 e. The third-order valence-electron chi connectivity index (χ3n) is 1.95. The van der Waals surface area contributed by atoms with Crippen LogP contribution in [-0.2, 0) is 0 Å². The average Bonchev–Trinajstić information content (AvgIpc) is 2.17. The summed E-state index contributed by atoms with van der Waals surface area (Å²) in [5.74, 6) is 0. The molecule has 1 aromatic heterocycles. The summed E-state index contributed by atoms with van der Waals surface area (Å²) in [7, 11) is 0. The number of carbonyl (C=O) groups is 1. The van der Waals surface area contributed by atoms with Crippen LogP contribution in [0, 0.1) is 0 Å². The van der Waals surface area contributed by atoms with Crippen LogP contribution >= 0.6 is 0 Å². The number of nitrogens with one attached hydrogen (secondary N) is 1. The summed E-state index contributed by atoms with van der Waals surface area (Å²) in [6.07, 6.45) is 2.35. The summed E-state index contributed by atoms with van der Waals surface area (Å²) in [5.41, 5.74) is 0.352. The van der Waals surface area contributed by atoms with Gasteiger partial charge in [0, 0.05) is 17.8 Å². The summed E-state index contributed by atoms with van der Waals surface area (Å²) >= 11 is 0. The summed E-state index contributed by atoms with van der Waals surface area (Å²) in [5, 5.41) is 1.56. The van der Waals surface area contributed by atoms with Crippen molar-refractivity contribution in [1.82, 2.24) is 4.98 Å². The first-order chi connectivity index (χ1) is 6.31. The van der Waals surface area contributed by atoms with Crippen LogP contribution in [0.3, 0.4) is 0 Å². The lowest BCUT2D eigenvalue weighted by Crippen LogP contribution is -2.02. The standard InChI is InChI=1S/C10H7NO2/c12-6-8-3-1-2-7-5-11-10(13)4-9(7)8/h1-6H,(H,11,13). The van der Waals surface area contributed by atoms with E-state index in [-0.39, 0.29) is 5.56 Å². The van der Waals surface area contributed by atoms with Crippen LogP contribution in [0.2, 0.25) is 0 Å². The van der Waals surface area contributed by atoms with Crippen LogP contribution in [0.1, 0.15) is 10.4 Å². The number of carbonyl (C=O) groups excluding carboxylic acids is 1. The highest BCUT2D eigenvalue weighted by molar-refractivity contribution is 5.97. The molecule has 0 radical (unpaired) electrons. The van der Waals surface area contributed by atoms with Gasteiger partial charge in [0.25, 0.3) is 0 Å². The van der Waals surface area contributed by atoms with E-state index in [9.17, 15) is 9.59 Å². The van der Waals surface area contributed by atoms with Gasteiger partial charge in [-0.2, -0.15) is 0 Å². The van der Waals surface area contributed by atoms with Crippen LogP contribution in [0.5, 0.6) is 0 Å². The molecule has 0 bridgehead atoms. The molecule has 0 amide bonds. The number of benzene rings is 1. The number of aldehydes is 1. The lowest BCUT2D eigenvalue weighted by atomic mass is 10.1. The monoisotopic (exact) mass is 173 g/mol. The van der Waals surface area contributed by atoms with Crippen LogP contribution in [0.4, 0.5) is 0 Å². The Kier molecular flexibility index (Phi) is 1.70. The Morgan fingerprint density at radius 2 is 2.15 bits per heavy atom. The van der Waals surface area contributed by atoms with E-state index in [0.29, 0.717) is 10.9 Å². The fourth-order valence-corrected chi connectivity index (χ4v) is 1.32. The van der Waals surface area contributed by atoms with Gasteiger partial charge in [0.05, 0.1) is 0 Å². The number of rotatable bonds is 1. The summed E-state index contributed by atoms with van der Waals surface area (Å²) < 4.78 is 0. The molecule has 0 saturated heterocycles. The topological polar surface area (TPSA) is 49.9 Å². The maximum atomic E-state index is 11.0. The highest BCUT2D eigenvalue weighted by Gasteiger charge is 1.98. The average molecular weight is 173 g/mol. The lowest BCUT2D eigenvalue weighted by Gasteiger charge is -1.97. The molecule has 1 aromatic carbocycles. The predicted octanol–water partition coefficient (Wildman–Crippen LogP) is 1.34. The Morgan fingerprint density at radius 1 is 1.31 bits per heavy atom. The zero-order valence-electron chi connectivity index (χ0n) is 6.78. The fraction of sp³-hybridized carbons (Fsp3) is 0. The Morgan fingerprint density at radius 3 is 2.92 bits per heavy atom. The molecule has 0 unspecified atom stereocenters. The highest BCUT2D eigenvalue weighted by atomic mass is 16.1. The second-order valence-electron chi connectivity index (χ2n) is 2.77. The van der Waals surface area contributed by atoms with Crippen molar-refractivity contribution in [3.8, 4) is 0 Å². The first kappa shape index (κ1) is 7.73. The molecule has 3 heteroatoms. The summed E-state index contributed by atoms with van der Waals surface area (Å²) in [4.78, 5) is 24.2. The first-order valence-corrected chi connectivity index (χ1v) is 3.88. The number of pyridine rings is 1. The third-order valence-corrected chi connectivity index (χ3v) is 1.95. The molecule has 0 spiro atoms. The van der Waals surface area contributed by atoms with Crippen molar-refractivity contribution in [2.45, 2.75) is 0 Å². The van der Waals surface area contributed by atoms with E-state index < -0.39 is 0 Å². The molecule has 2 rings (SSSR count). The van der Waals surface area contributed by atoms with Gasteiger partial charge < -0.3 is 4.98 Å². The molecule has 13 heavy (non-hydrogen) atoms. The number of hydrogen-bond donors (Lipinski definition) is 1. The number of H-pyrrole nitrogens is 1. The molecular formula is C10H7NO2. The maximum Gasteiger partial charge on any atom is 0.248 e. The van der Waals surface area contributed by atoms with Gasteiger partial charge in [-0.3, -0.25) is 9.59 Å². The largest absolute Gasteiger partial charge is 0.328 e. The van der Waals surface area contributed by atoms with E-state index in [0.717, 1.165) is 11.7 Å². The minimum atomic E-state index is -0.193. The van der Waals surface area contributed by atoms with Gasteiger partial charge in [-0.15, -0.1) is 0 Å².